The van der Waals surface area contributed by atoms with E-state index in [9.17, 15) is 14.7 Å². The van der Waals surface area contributed by atoms with E-state index in [0.29, 0.717) is 44.2 Å². The second kappa shape index (κ2) is 6.34. The van der Waals surface area contributed by atoms with Crippen molar-refractivity contribution in [1.29, 1.82) is 0 Å². The summed E-state index contributed by atoms with van der Waals surface area (Å²) >= 11 is 0. The summed E-state index contributed by atoms with van der Waals surface area (Å²) < 4.78 is 4.96. The maximum atomic E-state index is 11.6. The van der Waals surface area contributed by atoms with Crippen LogP contribution in [0.3, 0.4) is 0 Å². The van der Waals surface area contributed by atoms with Crippen molar-refractivity contribution in [2.24, 2.45) is 0 Å². The fourth-order valence-corrected chi connectivity index (χ4v) is 2.41. The Bertz CT molecular complexity index is 539. The minimum Gasteiger partial charge on any atom is -0.478 e. The highest BCUT2D eigenvalue weighted by molar-refractivity contribution is 5.98. The van der Waals surface area contributed by atoms with Crippen LogP contribution in [-0.2, 0) is 4.74 Å². The van der Waals surface area contributed by atoms with Crippen LogP contribution in [0.5, 0.6) is 0 Å². The average molecular weight is 293 g/mol. The summed E-state index contributed by atoms with van der Waals surface area (Å²) in [6.45, 7) is 4.10. The Morgan fingerprint density at radius 1 is 1.29 bits per heavy atom. The third kappa shape index (κ3) is 3.18. The van der Waals surface area contributed by atoms with Crippen molar-refractivity contribution in [2.45, 2.75) is 6.92 Å². The maximum Gasteiger partial charge on any atom is 0.409 e. The zero-order valence-corrected chi connectivity index (χ0v) is 11.9. The summed E-state index contributed by atoms with van der Waals surface area (Å²) in [6.07, 6.45) is -0.336. The molecule has 0 aromatic heterocycles. The lowest BCUT2D eigenvalue weighted by molar-refractivity contribution is 0.0696. The highest BCUT2D eigenvalue weighted by Crippen LogP contribution is 2.29. The number of rotatable bonds is 3. The molecule has 3 N–H and O–H groups in total. The van der Waals surface area contributed by atoms with Crippen molar-refractivity contribution in [3.8, 4) is 0 Å². The zero-order chi connectivity index (χ0) is 15.4. The third-order valence-corrected chi connectivity index (χ3v) is 3.42. The number of carbonyl (C=O) groups is 2. The molecule has 1 amide bonds. The number of carbonyl (C=O) groups excluding carboxylic acids is 1. The molecular weight excluding hydrogens is 274 g/mol. The zero-order valence-electron chi connectivity index (χ0n) is 11.9. The van der Waals surface area contributed by atoms with Gasteiger partial charge in [0.05, 0.1) is 23.5 Å². The number of hydrogen-bond acceptors (Lipinski definition) is 5. The molecule has 1 aliphatic rings. The molecule has 7 nitrogen and oxygen atoms in total. The molecule has 21 heavy (non-hydrogen) atoms. The van der Waals surface area contributed by atoms with Crippen LogP contribution < -0.4 is 10.6 Å². The van der Waals surface area contributed by atoms with Gasteiger partial charge in [-0.05, 0) is 19.1 Å². The van der Waals surface area contributed by atoms with Crippen molar-refractivity contribution in [2.75, 3.05) is 43.4 Å². The SMILES string of the molecule is CCOC(=O)N1CCN(c2c(N)cccc2C(=O)O)CC1. The summed E-state index contributed by atoms with van der Waals surface area (Å²) in [7, 11) is 0. The maximum absolute atomic E-state index is 11.6. The van der Waals surface area contributed by atoms with E-state index in [1.54, 1.807) is 24.0 Å². The average Bonchev–Trinajstić information content (AvgIpc) is 2.47. The molecule has 1 aliphatic heterocycles. The Morgan fingerprint density at radius 3 is 2.52 bits per heavy atom. The predicted octanol–water partition coefficient (Wildman–Crippen LogP) is 1.25. The fraction of sp³-hybridized carbons (Fsp3) is 0.429. The van der Waals surface area contributed by atoms with Crippen LogP contribution in [0.1, 0.15) is 17.3 Å². The molecule has 0 radical (unpaired) electrons. The van der Waals surface area contributed by atoms with E-state index < -0.39 is 5.97 Å². The van der Waals surface area contributed by atoms with Crippen LogP contribution in [0.2, 0.25) is 0 Å². The van der Waals surface area contributed by atoms with E-state index in [4.69, 9.17) is 10.5 Å². The number of carboxylic acids is 1. The highest BCUT2D eigenvalue weighted by Gasteiger charge is 2.25. The Morgan fingerprint density at radius 2 is 1.95 bits per heavy atom. The summed E-state index contributed by atoms with van der Waals surface area (Å²) in [4.78, 5) is 26.5. The molecule has 1 aromatic rings. The van der Waals surface area contributed by atoms with Gasteiger partial charge in [-0.25, -0.2) is 9.59 Å². The van der Waals surface area contributed by atoms with Crippen molar-refractivity contribution in [3.63, 3.8) is 0 Å². The first kappa shape index (κ1) is 15.0. The van der Waals surface area contributed by atoms with Gasteiger partial charge in [0.15, 0.2) is 0 Å². The van der Waals surface area contributed by atoms with E-state index in [1.807, 2.05) is 4.90 Å². The van der Waals surface area contributed by atoms with E-state index in [2.05, 4.69) is 0 Å². The molecule has 1 saturated heterocycles. The number of hydrogen-bond donors (Lipinski definition) is 2. The molecule has 0 bridgehead atoms. The van der Waals surface area contributed by atoms with Gasteiger partial charge >= 0.3 is 12.1 Å². The number of benzene rings is 1. The number of nitrogen functional groups attached to an aromatic ring is 1. The number of aromatic carboxylic acids is 1. The van der Waals surface area contributed by atoms with Gasteiger partial charge in [-0.2, -0.15) is 0 Å². The largest absolute Gasteiger partial charge is 0.478 e. The Kier molecular flexibility index (Phi) is 4.52. The summed E-state index contributed by atoms with van der Waals surface area (Å²) in [5.74, 6) is -1.01. The van der Waals surface area contributed by atoms with Gasteiger partial charge in [0.1, 0.15) is 0 Å². The van der Waals surface area contributed by atoms with Gasteiger partial charge in [-0.3, -0.25) is 0 Å². The number of para-hydroxylation sites is 1. The first-order chi connectivity index (χ1) is 10.0. The standard InChI is InChI=1S/C14H19N3O4/c1-2-21-14(20)17-8-6-16(7-9-17)12-10(13(18)19)4-3-5-11(12)15/h3-5H,2,6-9,15H2,1H3,(H,18,19). The monoisotopic (exact) mass is 293 g/mol. The first-order valence-electron chi connectivity index (χ1n) is 6.83. The van der Waals surface area contributed by atoms with Gasteiger partial charge in [0, 0.05) is 26.2 Å². The van der Waals surface area contributed by atoms with Crippen LogP contribution in [0.4, 0.5) is 16.2 Å². The van der Waals surface area contributed by atoms with Crippen LogP contribution in [0, 0.1) is 0 Å². The molecule has 1 heterocycles. The summed E-state index contributed by atoms with van der Waals surface area (Å²) in [5, 5.41) is 9.26. The fourth-order valence-electron chi connectivity index (χ4n) is 2.41. The lowest BCUT2D eigenvalue weighted by atomic mass is 10.1. The number of carboxylic acid groups (broad SMARTS) is 1. The van der Waals surface area contributed by atoms with Gasteiger partial charge in [-0.15, -0.1) is 0 Å². The Labute approximate surface area is 122 Å². The molecule has 1 fully saturated rings. The van der Waals surface area contributed by atoms with E-state index in [0.717, 1.165) is 0 Å². The molecule has 0 atom stereocenters. The topological polar surface area (TPSA) is 96.1 Å². The van der Waals surface area contributed by atoms with Gasteiger partial charge in [-0.1, -0.05) is 6.07 Å². The molecule has 2 rings (SSSR count). The Hall–Kier alpha value is -2.44. The highest BCUT2D eigenvalue weighted by atomic mass is 16.6. The number of ether oxygens (including phenoxy) is 1. The number of amides is 1. The smallest absolute Gasteiger partial charge is 0.409 e. The molecule has 7 heteroatoms. The second-order valence-electron chi connectivity index (χ2n) is 4.72. The van der Waals surface area contributed by atoms with Gasteiger partial charge in [0.2, 0.25) is 0 Å². The van der Waals surface area contributed by atoms with E-state index >= 15 is 0 Å². The van der Waals surface area contributed by atoms with Crippen LogP contribution >= 0.6 is 0 Å². The number of piperazine rings is 1. The van der Waals surface area contributed by atoms with Crippen LogP contribution in [-0.4, -0.2) is 54.9 Å². The molecule has 0 saturated carbocycles. The van der Waals surface area contributed by atoms with Crippen LogP contribution in [0.15, 0.2) is 18.2 Å². The van der Waals surface area contributed by atoms with E-state index in [-0.39, 0.29) is 11.7 Å². The molecule has 0 aliphatic carbocycles. The molecular formula is C14H19N3O4. The normalized spacial score (nSPS) is 14.9. The number of nitrogens with zero attached hydrogens (tertiary/aromatic N) is 2. The summed E-state index contributed by atoms with van der Waals surface area (Å²) in [5.41, 5.74) is 7.05. The second-order valence-corrected chi connectivity index (χ2v) is 4.72. The third-order valence-electron chi connectivity index (χ3n) is 3.42. The Balaban J connectivity index is 2.13. The molecule has 1 aromatic carbocycles. The molecule has 0 spiro atoms. The number of anilines is 2. The first-order valence-corrected chi connectivity index (χ1v) is 6.83. The molecule has 114 valence electrons. The minimum absolute atomic E-state index is 0.180. The summed E-state index contributed by atoms with van der Waals surface area (Å²) in [6, 6.07) is 4.84. The lowest BCUT2D eigenvalue weighted by Crippen LogP contribution is -2.49. The van der Waals surface area contributed by atoms with Crippen molar-refractivity contribution in [3.05, 3.63) is 23.8 Å². The van der Waals surface area contributed by atoms with E-state index in [1.165, 1.54) is 6.07 Å². The predicted molar refractivity (Wildman–Crippen MR) is 78.6 cm³/mol. The molecule has 0 unspecified atom stereocenters. The van der Waals surface area contributed by atoms with Crippen LogP contribution in [0.25, 0.3) is 0 Å². The van der Waals surface area contributed by atoms with Crippen molar-refractivity contribution in [1.82, 2.24) is 4.90 Å². The lowest BCUT2D eigenvalue weighted by Gasteiger charge is -2.36. The van der Waals surface area contributed by atoms with Crippen molar-refractivity contribution < 1.29 is 19.4 Å². The van der Waals surface area contributed by atoms with Crippen molar-refractivity contribution >= 4 is 23.4 Å². The van der Waals surface area contributed by atoms with Gasteiger partial charge < -0.3 is 25.4 Å². The number of nitrogens with two attached hydrogens (primary N) is 1. The van der Waals surface area contributed by atoms with Gasteiger partial charge in [0.25, 0.3) is 0 Å². The minimum atomic E-state index is -1.01. The quantitative estimate of drug-likeness (QED) is 0.814.